The van der Waals surface area contributed by atoms with Crippen LogP contribution in [0.3, 0.4) is 0 Å². The maximum Gasteiger partial charge on any atom is 0.348 e. The van der Waals surface area contributed by atoms with Crippen molar-refractivity contribution in [3.8, 4) is 0 Å². The second kappa shape index (κ2) is 9.08. The van der Waals surface area contributed by atoms with Gasteiger partial charge in [-0.2, -0.15) is 0 Å². The van der Waals surface area contributed by atoms with Crippen LogP contribution in [0.15, 0.2) is 41.3 Å². The molecule has 2 aromatic carbocycles. The van der Waals surface area contributed by atoms with Gasteiger partial charge in [0.15, 0.2) is 0 Å². The van der Waals surface area contributed by atoms with Crippen LogP contribution in [0.2, 0.25) is 0 Å². The Bertz CT molecular complexity index is 1270. The third-order valence-corrected chi connectivity index (χ3v) is 6.90. The van der Waals surface area contributed by atoms with Crippen LogP contribution >= 0.6 is 11.3 Å². The summed E-state index contributed by atoms with van der Waals surface area (Å²) in [7, 11) is -2.75. The lowest BCUT2D eigenvalue weighted by molar-refractivity contribution is 0.0449. The van der Waals surface area contributed by atoms with Gasteiger partial charge in [0, 0.05) is 15.6 Å². The lowest BCUT2D eigenvalue weighted by Gasteiger charge is -2.09. The number of nitrogens with one attached hydrogen (secondary N) is 1. The summed E-state index contributed by atoms with van der Waals surface area (Å²) in [6.07, 6.45) is 0. The van der Waals surface area contributed by atoms with Gasteiger partial charge in [0.05, 0.1) is 17.1 Å². The van der Waals surface area contributed by atoms with Crippen molar-refractivity contribution < 1.29 is 36.3 Å². The first-order valence-electron chi connectivity index (χ1n) is 8.96. The Morgan fingerprint density at radius 3 is 2.48 bits per heavy atom. The first-order valence-corrected chi connectivity index (χ1v) is 11.3. The molecule has 0 radical (unpaired) electrons. The number of thiophene rings is 1. The van der Waals surface area contributed by atoms with E-state index in [9.17, 15) is 26.8 Å². The molecule has 1 N–H and O–H groups in total. The van der Waals surface area contributed by atoms with Crippen molar-refractivity contribution in [3.05, 3.63) is 64.0 Å². The zero-order valence-electron chi connectivity index (χ0n) is 16.4. The van der Waals surface area contributed by atoms with Crippen LogP contribution in [0, 0.1) is 11.6 Å². The predicted octanol–water partition coefficient (Wildman–Crippen LogP) is 3.62. The summed E-state index contributed by atoms with van der Waals surface area (Å²) >= 11 is 0.978. The van der Waals surface area contributed by atoms with Crippen molar-refractivity contribution in [1.29, 1.82) is 0 Å². The molecule has 0 amide bonds. The van der Waals surface area contributed by atoms with E-state index in [0.29, 0.717) is 4.70 Å². The highest BCUT2D eigenvalue weighted by molar-refractivity contribution is 7.89. The molecule has 0 saturated heterocycles. The van der Waals surface area contributed by atoms with Gasteiger partial charge in [0.2, 0.25) is 10.0 Å². The number of carbonyl (C=O) groups excluding carboxylic acids is 2. The molecular weight excluding hydrogens is 452 g/mol. The lowest BCUT2D eigenvalue weighted by atomic mass is 10.1. The van der Waals surface area contributed by atoms with Crippen LogP contribution in [0.5, 0.6) is 0 Å². The van der Waals surface area contributed by atoms with E-state index in [4.69, 9.17) is 9.47 Å². The van der Waals surface area contributed by atoms with E-state index in [1.807, 2.05) is 0 Å². The van der Waals surface area contributed by atoms with Gasteiger partial charge in [0.1, 0.15) is 23.1 Å². The fourth-order valence-electron chi connectivity index (χ4n) is 2.83. The topological polar surface area (TPSA) is 98.8 Å². The van der Waals surface area contributed by atoms with Crippen molar-refractivity contribution in [2.45, 2.75) is 18.4 Å². The van der Waals surface area contributed by atoms with E-state index < -0.39 is 45.8 Å². The third kappa shape index (κ3) is 4.58. The van der Waals surface area contributed by atoms with Gasteiger partial charge in [-0.05, 0) is 44.3 Å². The van der Waals surface area contributed by atoms with Gasteiger partial charge in [-0.1, -0.05) is 6.07 Å². The number of halogens is 2. The molecule has 7 nitrogen and oxygen atoms in total. The van der Waals surface area contributed by atoms with Crippen LogP contribution < -0.4 is 4.72 Å². The van der Waals surface area contributed by atoms with Gasteiger partial charge in [-0.15, -0.1) is 11.3 Å². The zero-order chi connectivity index (χ0) is 22.8. The summed E-state index contributed by atoms with van der Waals surface area (Å²) in [5, 5.41) is 0.0929. The van der Waals surface area contributed by atoms with E-state index >= 15 is 0 Å². The molecule has 0 fully saturated rings. The highest BCUT2D eigenvalue weighted by atomic mass is 32.2. The molecule has 0 aliphatic heterocycles. The molecule has 0 aliphatic rings. The smallest absolute Gasteiger partial charge is 0.348 e. The monoisotopic (exact) mass is 469 g/mol. The van der Waals surface area contributed by atoms with Gasteiger partial charge < -0.3 is 9.47 Å². The highest BCUT2D eigenvalue weighted by Gasteiger charge is 2.24. The molecule has 3 aromatic rings. The van der Waals surface area contributed by atoms with Crippen LogP contribution in [0.4, 0.5) is 8.78 Å². The average Bonchev–Trinajstić information content (AvgIpc) is 3.12. The number of hydrogen-bond acceptors (Lipinski definition) is 7. The van der Waals surface area contributed by atoms with E-state index in [1.165, 1.54) is 19.2 Å². The Morgan fingerprint density at radius 1 is 1.06 bits per heavy atom. The SMILES string of the molecule is CCOC(=O)c1sc2cccc(F)c2c1COC(=O)c1cc(S(=O)(=O)NC)ccc1F. The van der Waals surface area contributed by atoms with Gasteiger partial charge in [-0.3, -0.25) is 0 Å². The van der Waals surface area contributed by atoms with Crippen molar-refractivity contribution in [3.63, 3.8) is 0 Å². The Balaban J connectivity index is 1.96. The van der Waals surface area contributed by atoms with E-state index in [1.54, 1.807) is 13.0 Å². The molecule has 1 aromatic heterocycles. The number of carbonyl (C=O) groups is 2. The summed E-state index contributed by atoms with van der Waals surface area (Å²) in [5.41, 5.74) is -0.529. The minimum absolute atomic E-state index is 0.0572. The number of benzene rings is 2. The van der Waals surface area contributed by atoms with Crippen molar-refractivity contribution in [1.82, 2.24) is 4.72 Å². The Morgan fingerprint density at radius 2 is 1.81 bits per heavy atom. The highest BCUT2D eigenvalue weighted by Crippen LogP contribution is 2.34. The van der Waals surface area contributed by atoms with Crippen molar-refractivity contribution >= 4 is 43.4 Å². The summed E-state index contributed by atoms with van der Waals surface area (Å²) in [5.74, 6) is -3.49. The fraction of sp³-hybridized carbons (Fsp3) is 0.200. The van der Waals surface area contributed by atoms with Crippen LogP contribution in [0.1, 0.15) is 32.5 Å². The Hall–Kier alpha value is -2.89. The molecular formula is C20H17F2NO6S2. The largest absolute Gasteiger partial charge is 0.462 e. The summed E-state index contributed by atoms with van der Waals surface area (Å²) < 4.78 is 65.0. The molecule has 11 heteroatoms. The second-order valence-electron chi connectivity index (χ2n) is 6.17. The van der Waals surface area contributed by atoms with E-state index in [0.717, 1.165) is 29.5 Å². The number of ether oxygens (including phenoxy) is 2. The summed E-state index contributed by atoms with van der Waals surface area (Å²) in [6.45, 7) is 1.16. The molecule has 3 rings (SSSR count). The molecule has 0 bridgehead atoms. The molecule has 0 spiro atoms. The van der Waals surface area contributed by atoms with Crippen LogP contribution in [-0.2, 0) is 26.1 Å². The normalized spacial score (nSPS) is 11.5. The fourth-order valence-corrected chi connectivity index (χ4v) is 4.70. The van der Waals surface area contributed by atoms with E-state index in [2.05, 4.69) is 4.72 Å². The number of fused-ring (bicyclic) bond motifs is 1. The Kier molecular flexibility index (Phi) is 6.68. The number of esters is 2. The number of hydrogen-bond donors (Lipinski definition) is 1. The summed E-state index contributed by atoms with van der Waals surface area (Å²) in [6, 6.07) is 6.93. The zero-order valence-corrected chi connectivity index (χ0v) is 18.0. The maximum absolute atomic E-state index is 14.4. The van der Waals surface area contributed by atoms with Gasteiger partial charge >= 0.3 is 11.9 Å². The van der Waals surface area contributed by atoms with Gasteiger partial charge in [0.25, 0.3) is 0 Å². The standard InChI is InChI=1S/C20H17F2NO6S2/c1-3-28-20(25)18-13(17-15(22)5-4-6-16(17)30-18)10-29-19(24)12-9-11(7-8-14(12)21)31(26,27)23-2/h4-9,23H,3,10H2,1-2H3. The first-order chi connectivity index (χ1) is 14.7. The van der Waals surface area contributed by atoms with Crippen molar-refractivity contribution in [2.24, 2.45) is 0 Å². The second-order valence-corrected chi connectivity index (χ2v) is 9.11. The van der Waals surface area contributed by atoms with Gasteiger partial charge in [-0.25, -0.2) is 31.5 Å². The quantitative estimate of drug-likeness (QED) is 0.531. The molecule has 164 valence electrons. The molecule has 0 atom stereocenters. The Labute approximate surface area is 180 Å². The lowest BCUT2D eigenvalue weighted by Crippen LogP contribution is -2.19. The number of sulfonamides is 1. The maximum atomic E-state index is 14.4. The van der Waals surface area contributed by atoms with Crippen LogP contribution in [-0.4, -0.2) is 34.0 Å². The molecule has 0 unspecified atom stereocenters. The number of rotatable bonds is 7. The predicted molar refractivity (Wildman–Crippen MR) is 110 cm³/mol. The summed E-state index contributed by atoms with van der Waals surface area (Å²) in [4.78, 5) is 24.5. The average molecular weight is 469 g/mol. The minimum atomic E-state index is -3.92. The third-order valence-electron chi connectivity index (χ3n) is 4.31. The minimum Gasteiger partial charge on any atom is -0.462 e. The van der Waals surface area contributed by atoms with Crippen LogP contribution in [0.25, 0.3) is 10.1 Å². The molecule has 31 heavy (non-hydrogen) atoms. The molecule has 0 aliphatic carbocycles. The van der Waals surface area contributed by atoms with Crippen molar-refractivity contribution in [2.75, 3.05) is 13.7 Å². The first kappa shape index (κ1) is 22.8. The van der Waals surface area contributed by atoms with E-state index in [-0.39, 0.29) is 27.3 Å². The molecule has 1 heterocycles. The molecule has 0 saturated carbocycles.